The van der Waals surface area contributed by atoms with Gasteiger partial charge in [-0.15, -0.1) is 0 Å². The number of nitrogens with two attached hydrogens (primary N) is 1. The Labute approximate surface area is 153 Å². The summed E-state index contributed by atoms with van der Waals surface area (Å²) in [5.41, 5.74) is 10.8. The summed E-state index contributed by atoms with van der Waals surface area (Å²) >= 11 is 0. The van der Waals surface area contributed by atoms with Crippen molar-refractivity contribution in [3.05, 3.63) is 53.9 Å². The van der Waals surface area contributed by atoms with Gasteiger partial charge in [0.25, 0.3) is 0 Å². The number of aryl methyl sites for hydroxylation is 1. The number of carbonyl (C=O) groups is 1. The number of benzene rings is 2. The summed E-state index contributed by atoms with van der Waals surface area (Å²) in [7, 11) is 0. The molecule has 1 heterocycles. The second-order valence-electron chi connectivity index (χ2n) is 7.15. The fraction of sp³-hybridized carbons (Fsp3) is 0.364. The lowest BCUT2D eigenvalue weighted by Gasteiger charge is -2.20. The molecule has 2 N–H and O–H groups in total. The number of carbonyl (C=O) groups excluding carboxylic acids is 1. The number of aromatic nitrogens is 1. The Kier molecular flexibility index (Phi) is 4.49. The first-order valence-electron chi connectivity index (χ1n) is 9.43. The van der Waals surface area contributed by atoms with Crippen LogP contribution in [0.5, 0.6) is 0 Å². The minimum atomic E-state index is -0.240. The number of amides is 1. The van der Waals surface area contributed by atoms with E-state index in [2.05, 4.69) is 35.3 Å². The quantitative estimate of drug-likeness (QED) is 0.666. The molecule has 0 radical (unpaired) electrons. The zero-order valence-electron chi connectivity index (χ0n) is 15.1. The predicted octanol–water partition coefficient (Wildman–Crippen LogP) is 4.82. The van der Waals surface area contributed by atoms with Crippen molar-refractivity contribution >= 4 is 17.0 Å². The molecule has 1 unspecified atom stereocenters. The van der Waals surface area contributed by atoms with Crippen LogP contribution in [0.25, 0.3) is 22.2 Å². The molecule has 4 nitrogen and oxygen atoms in total. The Morgan fingerprint density at radius 2 is 2.00 bits per heavy atom. The zero-order valence-corrected chi connectivity index (χ0v) is 15.1. The third-order valence-electron chi connectivity index (χ3n) is 5.29. The van der Waals surface area contributed by atoms with Crippen LogP contribution < -0.4 is 5.73 Å². The molecule has 4 rings (SSSR count). The van der Waals surface area contributed by atoms with Gasteiger partial charge in [0.1, 0.15) is 5.52 Å². The van der Waals surface area contributed by atoms with Gasteiger partial charge in [-0.1, -0.05) is 43.3 Å². The van der Waals surface area contributed by atoms with E-state index in [9.17, 15) is 4.79 Å². The molecule has 1 atom stereocenters. The molecule has 0 aliphatic heterocycles. The van der Waals surface area contributed by atoms with Crippen LogP contribution in [0.1, 0.15) is 50.0 Å². The highest BCUT2D eigenvalue weighted by atomic mass is 16.3. The van der Waals surface area contributed by atoms with Gasteiger partial charge in [0.15, 0.2) is 11.5 Å². The zero-order chi connectivity index (χ0) is 18.1. The summed E-state index contributed by atoms with van der Waals surface area (Å²) in [5, 5.41) is 0. The van der Waals surface area contributed by atoms with Gasteiger partial charge in [-0.05, 0) is 48.3 Å². The maximum absolute atomic E-state index is 11.4. The minimum Gasteiger partial charge on any atom is -0.440 e. The Morgan fingerprint density at radius 3 is 2.65 bits per heavy atom. The number of hydrogen-bond donors (Lipinski definition) is 1. The van der Waals surface area contributed by atoms with Gasteiger partial charge in [0, 0.05) is 18.4 Å². The Bertz CT molecular complexity index is 926. The van der Waals surface area contributed by atoms with Crippen molar-refractivity contribution in [2.45, 2.75) is 44.9 Å². The van der Waals surface area contributed by atoms with Crippen molar-refractivity contribution in [2.24, 2.45) is 11.7 Å². The molecule has 4 heteroatoms. The molecular formula is C22H24N2O2. The van der Waals surface area contributed by atoms with Crippen LogP contribution >= 0.6 is 0 Å². The fourth-order valence-corrected chi connectivity index (χ4v) is 3.86. The van der Waals surface area contributed by atoms with Crippen LogP contribution in [0.2, 0.25) is 0 Å². The second-order valence-corrected chi connectivity index (χ2v) is 7.15. The van der Waals surface area contributed by atoms with Crippen LogP contribution in [-0.2, 0) is 11.2 Å². The number of primary amides is 1. The molecule has 1 aliphatic carbocycles. The standard InChI is InChI=1S/C22H24N2O2/c1-2-20-24-18-12-10-16(14-6-4-3-5-7-14)21(22(18)26-20)17(15-8-9-15)11-13-19(23)25/h3-7,10,12,15,17H,2,8-9,11,13H2,1H3,(H2,23,25). The Morgan fingerprint density at radius 1 is 1.23 bits per heavy atom. The first-order valence-corrected chi connectivity index (χ1v) is 9.43. The predicted molar refractivity (Wildman–Crippen MR) is 103 cm³/mol. The summed E-state index contributed by atoms with van der Waals surface area (Å²) in [6, 6.07) is 14.6. The van der Waals surface area contributed by atoms with Crippen molar-refractivity contribution in [1.82, 2.24) is 4.98 Å². The van der Waals surface area contributed by atoms with Gasteiger partial charge in [0.05, 0.1) is 0 Å². The minimum absolute atomic E-state index is 0.240. The number of nitrogens with zero attached hydrogens (tertiary/aromatic N) is 1. The molecule has 26 heavy (non-hydrogen) atoms. The van der Waals surface area contributed by atoms with Crippen LogP contribution in [0.3, 0.4) is 0 Å². The summed E-state index contributed by atoms with van der Waals surface area (Å²) in [6.45, 7) is 2.05. The lowest BCUT2D eigenvalue weighted by atomic mass is 9.84. The van der Waals surface area contributed by atoms with Gasteiger partial charge >= 0.3 is 0 Å². The van der Waals surface area contributed by atoms with E-state index in [1.165, 1.54) is 29.5 Å². The third-order valence-corrected chi connectivity index (χ3v) is 5.29. The molecule has 1 aliphatic rings. The lowest BCUT2D eigenvalue weighted by molar-refractivity contribution is -0.118. The maximum atomic E-state index is 11.4. The highest BCUT2D eigenvalue weighted by Gasteiger charge is 2.35. The van der Waals surface area contributed by atoms with E-state index in [4.69, 9.17) is 10.2 Å². The molecule has 134 valence electrons. The number of hydrogen-bond acceptors (Lipinski definition) is 3. The number of fused-ring (bicyclic) bond motifs is 1. The molecule has 1 fully saturated rings. The topological polar surface area (TPSA) is 69.1 Å². The van der Waals surface area contributed by atoms with E-state index in [0.29, 0.717) is 12.3 Å². The fourth-order valence-electron chi connectivity index (χ4n) is 3.86. The van der Waals surface area contributed by atoms with Crippen LogP contribution in [0.15, 0.2) is 46.9 Å². The smallest absolute Gasteiger partial charge is 0.217 e. The average molecular weight is 348 g/mol. The highest BCUT2D eigenvalue weighted by Crippen LogP contribution is 2.49. The number of rotatable bonds is 7. The van der Waals surface area contributed by atoms with Gasteiger partial charge < -0.3 is 10.2 Å². The lowest BCUT2D eigenvalue weighted by Crippen LogP contribution is -2.13. The average Bonchev–Trinajstić information content (AvgIpc) is 3.40. The SMILES string of the molecule is CCc1nc2ccc(-c3ccccc3)c(C(CCC(N)=O)C3CC3)c2o1. The normalized spacial score (nSPS) is 15.3. The van der Waals surface area contributed by atoms with Gasteiger partial charge in [-0.2, -0.15) is 0 Å². The summed E-state index contributed by atoms with van der Waals surface area (Å²) in [6.07, 6.45) is 4.33. The van der Waals surface area contributed by atoms with Crippen LogP contribution in [0.4, 0.5) is 0 Å². The van der Waals surface area contributed by atoms with Crippen LogP contribution in [0, 0.1) is 5.92 Å². The molecule has 3 aromatic rings. The summed E-state index contributed by atoms with van der Waals surface area (Å²) < 4.78 is 6.15. The molecule has 1 saturated carbocycles. The molecule has 1 amide bonds. The summed E-state index contributed by atoms with van der Waals surface area (Å²) in [4.78, 5) is 16.1. The van der Waals surface area contributed by atoms with E-state index in [-0.39, 0.29) is 11.8 Å². The van der Waals surface area contributed by atoms with Gasteiger partial charge in [-0.3, -0.25) is 4.79 Å². The van der Waals surface area contributed by atoms with Crippen molar-refractivity contribution in [2.75, 3.05) is 0 Å². The van der Waals surface area contributed by atoms with Crippen molar-refractivity contribution in [3.63, 3.8) is 0 Å². The van der Waals surface area contributed by atoms with E-state index >= 15 is 0 Å². The molecule has 0 spiro atoms. The molecular weight excluding hydrogens is 324 g/mol. The van der Waals surface area contributed by atoms with Gasteiger partial charge in [0.2, 0.25) is 5.91 Å². The van der Waals surface area contributed by atoms with E-state index in [1.54, 1.807) is 0 Å². The van der Waals surface area contributed by atoms with Crippen LogP contribution in [-0.4, -0.2) is 10.9 Å². The first kappa shape index (κ1) is 16.8. The monoisotopic (exact) mass is 348 g/mol. The highest BCUT2D eigenvalue weighted by molar-refractivity contribution is 5.86. The van der Waals surface area contributed by atoms with Gasteiger partial charge in [-0.25, -0.2) is 4.98 Å². The Hall–Kier alpha value is -2.62. The van der Waals surface area contributed by atoms with Crippen molar-refractivity contribution in [3.8, 4) is 11.1 Å². The maximum Gasteiger partial charge on any atom is 0.217 e. The second kappa shape index (κ2) is 6.94. The number of oxazole rings is 1. The summed E-state index contributed by atoms with van der Waals surface area (Å²) in [5.74, 6) is 1.39. The van der Waals surface area contributed by atoms with Crippen molar-refractivity contribution < 1.29 is 9.21 Å². The largest absolute Gasteiger partial charge is 0.440 e. The van der Waals surface area contributed by atoms with E-state index in [1.807, 2.05) is 19.1 Å². The molecule has 1 aromatic heterocycles. The van der Waals surface area contributed by atoms with E-state index < -0.39 is 0 Å². The molecule has 2 aromatic carbocycles. The molecule has 0 saturated heterocycles. The van der Waals surface area contributed by atoms with E-state index in [0.717, 1.165) is 29.8 Å². The first-order chi connectivity index (χ1) is 12.7. The third kappa shape index (κ3) is 3.24. The Balaban J connectivity index is 1.90. The van der Waals surface area contributed by atoms with Crippen molar-refractivity contribution in [1.29, 1.82) is 0 Å². The molecule has 0 bridgehead atoms.